The number of thiazole rings is 1. The first-order chi connectivity index (χ1) is 16.7. The van der Waals surface area contributed by atoms with Crippen LogP contribution in [0.2, 0.25) is 0 Å². The second-order valence-electron chi connectivity index (χ2n) is 11.6. The third-order valence-corrected chi connectivity index (χ3v) is 7.34. The molecule has 2 heterocycles. The van der Waals surface area contributed by atoms with Crippen LogP contribution in [-0.2, 0) is 20.9 Å². The minimum absolute atomic E-state index is 0.0534. The molecule has 1 saturated heterocycles. The quantitative estimate of drug-likeness (QED) is 0.548. The highest BCUT2D eigenvalue weighted by Crippen LogP contribution is 2.28. The van der Waals surface area contributed by atoms with Gasteiger partial charge in [0, 0.05) is 24.9 Å². The lowest BCUT2D eigenvalue weighted by Gasteiger charge is -2.36. The van der Waals surface area contributed by atoms with E-state index in [1.165, 1.54) is 4.90 Å². The smallest absolute Gasteiger partial charge is 0.246 e. The van der Waals surface area contributed by atoms with Crippen molar-refractivity contribution in [1.29, 1.82) is 0 Å². The van der Waals surface area contributed by atoms with Gasteiger partial charge in [-0.25, -0.2) is 4.98 Å². The van der Waals surface area contributed by atoms with Gasteiger partial charge in [-0.3, -0.25) is 14.4 Å². The largest absolute Gasteiger partial charge is 0.391 e. The maximum absolute atomic E-state index is 13.6. The van der Waals surface area contributed by atoms with E-state index in [-0.39, 0.29) is 30.7 Å². The number of nitrogens with zero attached hydrogens (tertiary/aromatic N) is 2. The van der Waals surface area contributed by atoms with Gasteiger partial charge in [0.15, 0.2) is 0 Å². The molecule has 0 bridgehead atoms. The Morgan fingerprint density at radius 1 is 1.14 bits per heavy atom. The zero-order chi connectivity index (χ0) is 26.8. The second kappa shape index (κ2) is 10.7. The Hall–Kier alpha value is -2.78. The van der Waals surface area contributed by atoms with E-state index < -0.39 is 29.0 Å². The minimum atomic E-state index is -0.826. The molecule has 8 nitrogen and oxygen atoms in total. The van der Waals surface area contributed by atoms with Crippen LogP contribution in [0, 0.1) is 17.8 Å². The Morgan fingerprint density at radius 3 is 2.31 bits per heavy atom. The molecule has 196 valence electrons. The molecular formula is C27H38N4O4S. The standard InChI is InChI=1S/C27H38N4O4S/c1-16-21(36-15-29-16)18-10-8-17(9-11-18)13-28-23(33)20-12-19(32)14-31(20)24(34)22(26(2,3)4)30-25(35)27(5,6)7/h8-11,15,19-20,22,32H,12-14H2,1-7H3,(H,28,33)(H,30,35)/t19-,20?,22?/m1/s1. The molecule has 3 atom stereocenters. The van der Waals surface area contributed by atoms with Gasteiger partial charge in [-0.15, -0.1) is 11.3 Å². The number of benzene rings is 1. The van der Waals surface area contributed by atoms with Gasteiger partial charge in [0.2, 0.25) is 17.7 Å². The lowest BCUT2D eigenvalue weighted by Crippen LogP contribution is -2.59. The van der Waals surface area contributed by atoms with Crippen molar-refractivity contribution in [2.75, 3.05) is 6.54 Å². The van der Waals surface area contributed by atoms with E-state index in [0.29, 0.717) is 6.54 Å². The Balaban J connectivity index is 1.69. The molecule has 0 radical (unpaired) electrons. The fourth-order valence-electron chi connectivity index (χ4n) is 4.13. The molecule has 3 N–H and O–H groups in total. The van der Waals surface area contributed by atoms with Gasteiger partial charge in [0.25, 0.3) is 0 Å². The molecule has 2 aromatic rings. The number of rotatable bonds is 6. The maximum Gasteiger partial charge on any atom is 0.246 e. The van der Waals surface area contributed by atoms with Crippen LogP contribution >= 0.6 is 11.3 Å². The maximum atomic E-state index is 13.6. The second-order valence-corrected chi connectivity index (χ2v) is 12.5. The molecule has 9 heteroatoms. The van der Waals surface area contributed by atoms with Crippen molar-refractivity contribution < 1.29 is 19.5 Å². The van der Waals surface area contributed by atoms with Crippen LogP contribution in [-0.4, -0.2) is 57.4 Å². The van der Waals surface area contributed by atoms with Crippen LogP contribution in [0.1, 0.15) is 59.2 Å². The Labute approximate surface area is 217 Å². The fourth-order valence-corrected chi connectivity index (χ4v) is 4.94. The molecule has 0 aliphatic carbocycles. The Kier molecular flexibility index (Phi) is 8.25. The van der Waals surface area contributed by atoms with Crippen LogP contribution in [0.25, 0.3) is 10.4 Å². The predicted molar refractivity (Wildman–Crippen MR) is 141 cm³/mol. The number of aliphatic hydroxyl groups is 1. The summed E-state index contributed by atoms with van der Waals surface area (Å²) in [6.45, 7) is 13.3. The first-order valence-corrected chi connectivity index (χ1v) is 13.1. The molecule has 0 spiro atoms. The first-order valence-electron chi connectivity index (χ1n) is 12.2. The van der Waals surface area contributed by atoms with Crippen LogP contribution < -0.4 is 10.6 Å². The van der Waals surface area contributed by atoms with Crippen molar-refractivity contribution in [2.24, 2.45) is 10.8 Å². The van der Waals surface area contributed by atoms with E-state index >= 15 is 0 Å². The van der Waals surface area contributed by atoms with Gasteiger partial charge in [0.1, 0.15) is 12.1 Å². The van der Waals surface area contributed by atoms with E-state index in [0.717, 1.165) is 21.7 Å². The van der Waals surface area contributed by atoms with Gasteiger partial charge in [-0.1, -0.05) is 65.8 Å². The average molecular weight is 515 g/mol. The molecular weight excluding hydrogens is 476 g/mol. The van der Waals surface area contributed by atoms with Crippen LogP contribution in [0.4, 0.5) is 0 Å². The lowest BCUT2D eigenvalue weighted by molar-refractivity contribution is -0.145. The number of aromatic nitrogens is 1. The molecule has 1 aliphatic rings. The van der Waals surface area contributed by atoms with Gasteiger partial charge < -0.3 is 20.6 Å². The van der Waals surface area contributed by atoms with Gasteiger partial charge in [-0.2, -0.15) is 0 Å². The highest BCUT2D eigenvalue weighted by molar-refractivity contribution is 7.13. The van der Waals surface area contributed by atoms with Gasteiger partial charge in [0.05, 0.1) is 22.2 Å². The van der Waals surface area contributed by atoms with Crippen molar-refractivity contribution in [3.8, 4) is 10.4 Å². The van der Waals surface area contributed by atoms with Gasteiger partial charge >= 0.3 is 0 Å². The third-order valence-electron chi connectivity index (χ3n) is 6.36. The van der Waals surface area contributed by atoms with Crippen molar-refractivity contribution in [2.45, 2.75) is 79.6 Å². The average Bonchev–Trinajstić information content (AvgIpc) is 3.39. The van der Waals surface area contributed by atoms with E-state index in [1.807, 2.05) is 57.5 Å². The summed E-state index contributed by atoms with van der Waals surface area (Å²) in [6, 6.07) is 6.29. The zero-order valence-corrected chi connectivity index (χ0v) is 23.0. The Bertz CT molecular complexity index is 1100. The number of aliphatic hydroxyl groups excluding tert-OH is 1. The van der Waals surface area contributed by atoms with E-state index in [2.05, 4.69) is 15.6 Å². The summed E-state index contributed by atoms with van der Waals surface area (Å²) in [4.78, 5) is 46.2. The number of carbonyl (C=O) groups excluding carboxylic acids is 3. The normalized spacial score (nSPS) is 19.2. The van der Waals surface area contributed by atoms with Crippen molar-refractivity contribution in [3.05, 3.63) is 41.0 Å². The number of likely N-dealkylation sites (tertiary alicyclic amines) is 1. The number of β-amino-alcohol motifs (C(OH)–C–C–N with tert-alkyl or cyclic N) is 1. The summed E-state index contributed by atoms with van der Waals surface area (Å²) in [6.07, 6.45) is -0.642. The molecule has 1 aliphatic heterocycles. The number of aryl methyl sites for hydroxylation is 1. The van der Waals surface area contributed by atoms with Crippen molar-refractivity contribution >= 4 is 29.1 Å². The Morgan fingerprint density at radius 2 is 1.78 bits per heavy atom. The molecule has 1 aromatic heterocycles. The topological polar surface area (TPSA) is 112 Å². The van der Waals surface area contributed by atoms with Crippen LogP contribution in [0.5, 0.6) is 0 Å². The van der Waals surface area contributed by atoms with Crippen molar-refractivity contribution in [3.63, 3.8) is 0 Å². The molecule has 1 aromatic carbocycles. The molecule has 3 amide bonds. The zero-order valence-electron chi connectivity index (χ0n) is 22.2. The summed E-state index contributed by atoms with van der Waals surface area (Å²) in [7, 11) is 0. The molecule has 36 heavy (non-hydrogen) atoms. The summed E-state index contributed by atoms with van der Waals surface area (Å²) in [5.41, 5.74) is 3.56. The molecule has 0 saturated carbocycles. The number of amides is 3. The van der Waals surface area contributed by atoms with Crippen LogP contribution in [0.15, 0.2) is 29.8 Å². The number of hydrogen-bond acceptors (Lipinski definition) is 6. The highest BCUT2D eigenvalue weighted by atomic mass is 32.1. The summed E-state index contributed by atoms with van der Waals surface area (Å²) < 4.78 is 0. The fraction of sp³-hybridized carbons (Fsp3) is 0.556. The SMILES string of the molecule is Cc1ncsc1-c1ccc(CNC(=O)C2C[C@@H](O)CN2C(=O)C(NC(=O)C(C)(C)C)C(C)(C)C)cc1. The summed E-state index contributed by atoms with van der Waals surface area (Å²) in [5.74, 6) is -0.924. The molecule has 3 rings (SSSR count). The predicted octanol–water partition coefficient (Wildman–Crippen LogP) is 3.27. The minimum Gasteiger partial charge on any atom is -0.391 e. The third kappa shape index (κ3) is 6.50. The first kappa shape index (κ1) is 27.8. The summed E-state index contributed by atoms with van der Waals surface area (Å²) >= 11 is 1.59. The molecule has 1 fully saturated rings. The number of hydrogen-bond donors (Lipinski definition) is 3. The highest BCUT2D eigenvalue weighted by Gasteiger charge is 2.45. The summed E-state index contributed by atoms with van der Waals surface area (Å²) in [5, 5.41) is 16.1. The monoisotopic (exact) mass is 514 g/mol. The number of nitrogens with one attached hydrogen (secondary N) is 2. The van der Waals surface area contributed by atoms with Crippen LogP contribution in [0.3, 0.4) is 0 Å². The van der Waals surface area contributed by atoms with E-state index in [9.17, 15) is 19.5 Å². The van der Waals surface area contributed by atoms with E-state index in [4.69, 9.17) is 0 Å². The molecule has 2 unspecified atom stereocenters. The lowest BCUT2D eigenvalue weighted by atomic mass is 9.84. The van der Waals surface area contributed by atoms with Crippen molar-refractivity contribution in [1.82, 2.24) is 20.5 Å². The van der Waals surface area contributed by atoms with E-state index in [1.54, 1.807) is 32.1 Å². The number of carbonyl (C=O) groups is 3. The van der Waals surface area contributed by atoms with Gasteiger partial charge in [-0.05, 0) is 23.5 Å².